The molecule has 0 saturated heterocycles. The lowest BCUT2D eigenvalue weighted by molar-refractivity contribution is -0.105. The van der Waals surface area contributed by atoms with Gasteiger partial charge < -0.3 is 16.0 Å². The predicted octanol–water partition coefficient (Wildman–Crippen LogP) is 4.91. The summed E-state index contributed by atoms with van der Waals surface area (Å²) in [4.78, 5) is 11.0. The minimum absolute atomic E-state index is 0.710. The Kier molecular flexibility index (Phi) is 6.23. The van der Waals surface area contributed by atoms with Gasteiger partial charge in [0.05, 0.1) is 11.4 Å². The first-order valence-corrected chi connectivity index (χ1v) is 9.08. The molecule has 4 heteroatoms. The van der Waals surface area contributed by atoms with Crippen LogP contribution >= 0.6 is 0 Å². The van der Waals surface area contributed by atoms with Crippen molar-refractivity contribution in [3.63, 3.8) is 0 Å². The number of nitrogens with one attached hydrogen (secondary N) is 3. The Labute approximate surface area is 160 Å². The quantitative estimate of drug-likeness (QED) is 0.501. The maximum atomic E-state index is 11.0. The third-order valence-electron chi connectivity index (χ3n) is 4.49. The maximum absolute atomic E-state index is 11.0. The number of carbonyl (C=O) groups excluding carboxylic acids is 1. The molecule has 3 aromatic carbocycles. The summed E-state index contributed by atoms with van der Waals surface area (Å²) in [5, 5.41) is 9.65. The molecule has 0 aliphatic rings. The van der Waals surface area contributed by atoms with Gasteiger partial charge in [-0.25, -0.2) is 0 Å². The zero-order valence-electron chi connectivity index (χ0n) is 15.8. The fourth-order valence-corrected chi connectivity index (χ4v) is 2.91. The van der Waals surface area contributed by atoms with E-state index < -0.39 is 0 Å². The van der Waals surface area contributed by atoms with Crippen LogP contribution in [-0.2, 0) is 17.9 Å². The van der Waals surface area contributed by atoms with E-state index in [4.69, 9.17) is 0 Å². The van der Waals surface area contributed by atoms with Crippen LogP contribution in [0.3, 0.4) is 0 Å². The van der Waals surface area contributed by atoms with E-state index in [0.29, 0.717) is 6.41 Å². The molecule has 138 valence electrons. The van der Waals surface area contributed by atoms with Gasteiger partial charge >= 0.3 is 0 Å². The van der Waals surface area contributed by atoms with Crippen LogP contribution in [0, 0.1) is 13.8 Å². The number of para-hydroxylation sites is 1. The van der Waals surface area contributed by atoms with Crippen molar-refractivity contribution in [1.29, 1.82) is 0 Å². The highest BCUT2D eigenvalue weighted by Crippen LogP contribution is 2.28. The van der Waals surface area contributed by atoms with Crippen LogP contribution in [0.5, 0.6) is 0 Å². The monoisotopic (exact) mass is 359 g/mol. The Balaban J connectivity index is 1.68. The highest BCUT2D eigenvalue weighted by molar-refractivity contribution is 5.84. The minimum atomic E-state index is 0.710. The van der Waals surface area contributed by atoms with Gasteiger partial charge in [0.25, 0.3) is 0 Å². The molecule has 1 amide bonds. The van der Waals surface area contributed by atoms with Crippen LogP contribution in [0.25, 0.3) is 0 Å². The van der Waals surface area contributed by atoms with Gasteiger partial charge in [0, 0.05) is 18.8 Å². The molecular weight excluding hydrogens is 334 g/mol. The van der Waals surface area contributed by atoms with E-state index in [-0.39, 0.29) is 0 Å². The Morgan fingerprint density at radius 3 is 2.22 bits per heavy atom. The molecule has 0 fully saturated rings. The molecule has 0 aromatic heterocycles. The summed E-state index contributed by atoms with van der Waals surface area (Å²) in [6.07, 6.45) is 0.710. The lowest BCUT2D eigenvalue weighted by Gasteiger charge is -2.15. The number of rotatable bonds is 8. The van der Waals surface area contributed by atoms with Crippen LogP contribution < -0.4 is 16.0 Å². The molecule has 4 nitrogen and oxygen atoms in total. The number of anilines is 3. The average molecular weight is 359 g/mol. The molecule has 0 spiro atoms. The van der Waals surface area contributed by atoms with E-state index in [2.05, 4.69) is 66.2 Å². The van der Waals surface area contributed by atoms with Crippen LogP contribution in [0.2, 0.25) is 0 Å². The standard InChI is InChI=1S/C23H25N3O/c1-17-7-9-19(10-8-17)14-24-15-20-11-12-22(23(13-20)25-16-27)26-21-6-4-3-5-18(21)2/h3-13,16,24,26H,14-15H2,1-2H3,(H,25,27). The second-order valence-corrected chi connectivity index (χ2v) is 6.67. The first-order valence-electron chi connectivity index (χ1n) is 9.08. The number of amides is 1. The second kappa shape index (κ2) is 9.01. The van der Waals surface area contributed by atoms with E-state index in [9.17, 15) is 4.79 Å². The largest absolute Gasteiger partial charge is 0.354 e. The zero-order valence-corrected chi connectivity index (χ0v) is 15.8. The minimum Gasteiger partial charge on any atom is -0.354 e. The van der Waals surface area contributed by atoms with Crippen molar-refractivity contribution in [2.45, 2.75) is 26.9 Å². The molecule has 0 aliphatic heterocycles. The number of benzene rings is 3. The lowest BCUT2D eigenvalue weighted by Crippen LogP contribution is -2.13. The Bertz CT molecular complexity index is 904. The van der Waals surface area contributed by atoms with E-state index in [0.717, 1.165) is 41.3 Å². The van der Waals surface area contributed by atoms with Gasteiger partial charge in [-0.15, -0.1) is 0 Å². The number of aryl methyl sites for hydroxylation is 2. The number of carbonyl (C=O) groups is 1. The summed E-state index contributed by atoms with van der Waals surface area (Å²) in [5.41, 5.74) is 7.45. The molecule has 3 rings (SSSR count). The molecule has 0 atom stereocenters. The lowest BCUT2D eigenvalue weighted by atomic mass is 10.1. The molecule has 3 aromatic rings. The highest BCUT2D eigenvalue weighted by Gasteiger charge is 2.06. The molecule has 0 heterocycles. The summed E-state index contributed by atoms with van der Waals surface area (Å²) in [7, 11) is 0. The van der Waals surface area contributed by atoms with Crippen molar-refractivity contribution < 1.29 is 4.79 Å². The molecular formula is C23H25N3O. The van der Waals surface area contributed by atoms with E-state index in [1.54, 1.807) is 0 Å². The van der Waals surface area contributed by atoms with E-state index in [1.165, 1.54) is 11.1 Å². The zero-order chi connectivity index (χ0) is 19.1. The molecule has 0 saturated carbocycles. The number of hydrogen-bond donors (Lipinski definition) is 3. The van der Waals surface area contributed by atoms with Gasteiger partial charge in [0.1, 0.15) is 0 Å². The molecule has 0 unspecified atom stereocenters. The van der Waals surface area contributed by atoms with Gasteiger partial charge in [-0.05, 0) is 48.7 Å². The summed E-state index contributed by atoms with van der Waals surface area (Å²) >= 11 is 0. The van der Waals surface area contributed by atoms with Gasteiger partial charge in [-0.3, -0.25) is 4.79 Å². The SMILES string of the molecule is Cc1ccc(CNCc2ccc(Nc3ccccc3C)c(NC=O)c2)cc1. The summed E-state index contributed by atoms with van der Waals surface area (Å²) < 4.78 is 0. The van der Waals surface area contributed by atoms with Crippen LogP contribution in [-0.4, -0.2) is 6.41 Å². The van der Waals surface area contributed by atoms with Gasteiger partial charge in [0.2, 0.25) is 6.41 Å². The summed E-state index contributed by atoms with van der Waals surface area (Å²) in [6.45, 7) is 5.68. The van der Waals surface area contributed by atoms with Crippen molar-refractivity contribution in [2.75, 3.05) is 10.6 Å². The van der Waals surface area contributed by atoms with Crippen molar-refractivity contribution in [3.8, 4) is 0 Å². The smallest absolute Gasteiger partial charge is 0.211 e. The molecule has 0 aliphatic carbocycles. The summed E-state index contributed by atoms with van der Waals surface area (Å²) in [6, 6.07) is 22.7. The van der Waals surface area contributed by atoms with Gasteiger partial charge in [-0.1, -0.05) is 54.1 Å². The summed E-state index contributed by atoms with van der Waals surface area (Å²) in [5.74, 6) is 0. The van der Waals surface area contributed by atoms with Crippen LogP contribution in [0.4, 0.5) is 17.1 Å². The topological polar surface area (TPSA) is 53.2 Å². The van der Waals surface area contributed by atoms with Gasteiger partial charge in [0.15, 0.2) is 0 Å². The van der Waals surface area contributed by atoms with E-state index in [1.807, 2.05) is 30.3 Å². The highest BCUT2D eigenvalue weighted by atomic mass is 16.1. The molecule has 0 bridgehead atoms. The van der Waals surface area contributed by atoms with Crippen LogP contribution in [0.15, 0.2) is 66.7 Å². The predicted molar refractivity (Wildman–Crippen MR) is 112 cm³/mol. The fraction of sp³-hybridized carbons (Fsp3) is 0.174. The van der Waals surface area contributed by atoms with E-state index >= 15 is 0 Å². The van der Waals surface area contributed by atoms with Crippen molar-refractivity contribution in [3.05, 3.63) is 89.0 Å². The van der Waals surface area contributed by atoms with Crippen LogP contribution in [0.1, 0.15) is 22.3 Å². The normalized spacial score (nSPS) is 10.4. The van der Waals surface area contributed by atoms with Crippen molar-refractivity contribution in [2.24, 2.45) is 0 Å². The number of hydrogen-bond acceptors (Lipinski definition) is 3. The second-order valence-electron chi connectivity index (χ2n) is 6.67. The Morgan fingerprint density at radius 2 is 1.48 bits per heavy atom. The van der Waals surface area contributed by atoms with Gasteiger partial charge in [-0.2, -0.15) is 0 Å². The fourth-order valence-electron chi connectivity index (χ4n) is 2.91. The molecule has 0 radical (unpaired) electrons. The average Bonchev–Trinajstić information content (AvgIpc) is 2.67. The Morgan fingerprint density at radius 1 is 0.778 bits per heavy atom. The van der Waals surface area contributed by atoms with Crippen molar-refractivity contribution in [1.82, 2.24) is 5.32 Å². The maximum Gasteiger partial charge on any atom is 0.211 e. The third kappa shape index (κ3) is 5.19. The first-order chi connectivity index (χ1) is 13.2. The molecule has 27 heavy (non-hydrogen) atoms. The first kappa shape index (κ1) is 18.7. The molecule has 3 N–H and O–H groups in total. The van der Waals surface area contributed by atoms with Crippen molar-refractivity contribution >= 4 is 23.5 Å². The third-order valence-corrected chi connectivity index (χ3v) is 4.49. The Hall–Kier alpha value is -3.11.